The van der Waals surface area contributed by atoms with Gasteiger partial charge in [-0.3, -0.25) is 0 Å². The summed E-state index contributed by atoms with van der Waals surface area (Å²) in [5.74, 6) is 1.16. The molecule has 8 heteroatoms. The molecule has 2 fully saturated rings. The quantitative estimate of drug-likeness (QED) is 0.278. The molecule has 0 bridgehead atoms. The zero-order chi connectivity index (χ0) is 30.6. The number of carbonyl (C=O) groups is 1. The zero-order valence-electron chi connectivity index (χ0n) is 25.9. The number of anilines is 2. The van der Waals surface area contributed by atoms with Crippen LogP contribution in [-0.2, 0) is 10.2 Å². The molecule has 2 aliphatic rings. The van der Waals surface area contributed by atoms with Crippen molar-refractivity contribution >= 4 is 27.6 Å². The lowest BCUT2D eigenvalue weighted by Crippen LogP contribution is -2.52. The van der Waals surface area contributed by atoms with E-state index in [9.17, 15) is 13.2 Å². The third-order valence-corrected chi connectivity index (χ3v) is 10.7. The smallest absolute Gasteiger partial charge is 0.333 e. The monoisotopic (exact) mass is 602 g/mol. The van der Waals surface area contributed by atoms with E-state index in [2.05, 4.69) is 73.0 Å². The first-order valence-electron chi connectivity index (χ1n) is 15.8. The van der Waals surface area contributed by atoms with Crippen molar-refractivity contribution in [3.8, 4) is 11.1 Å². The molecule has 0 radical (unpaired) electrons. The molecule has 0 spiro atoms. The second-order valence-corrected chi connectivity index (χ2v) is 14.4. The highest BCUT2D eigenvalue weighted by molar-refractivity contribution is 7.87. The van der Waals surface area contributed by atoms with Crippen LogP contribution >= 0.6 is 0 Å². The summed E-state index contributed by atoms with van der Waals surface area (Å²) in [4.78, 5) is 15.8. The fourth-order valence-corrected chi connectivity index (χ4v) is 7.98. The lowest BCUT2D eigenvalue weighted by Gasteiger charge is -2.48. The van der Waals surface area contributed by atoms with Gasteiger partial charge in [-0.15, -0.1) is 0 Å². The number of benzene rings is 3. The van der Waals surface area contributed by atoms with Crippen LogP contribution in [0, 0.1) is 11.8 Å². The Morgan fingerprint density at radius 2 is 1.35 bits per heavy atom. The highest BCUT2D eigenvalue weighted by Crippen LogP contribution is 2.41. The first-order chi connectivity index (χ1) is 20.6. The van der Waals surface area contributed by atoms with Gasteiger partial charge in [-0.1, -0.05) is 94.4 Å². The van der Waals surface area contributed by atoms with Crippen LogP contribution in [0.25, 0.3) is 11.1 Å². The molecule has 3 aromatic rings. The molecule has 2 aliphatic heterocycles. The largest absolute Gasteiger partial charge is 0.363 e. The second-order valence-electron chi connectivity index (χ2n) is 12.7. The Bertz CT molecular complexity index is 1450. The minimum absolute atomic E-state index is 0.311. The molecule has 2 amide bonds. The molecule has 0 saturated carbocycles. The van der Waals surface area contributed by atoms with Gasteiger partial charge < -0.3 is 10.2 Å². The standard InChI is InChI=1S/C35H46N4O3S/c1-25(2)32-16-11-17-33(26(3)4)39(32)34-24-30(28-14-9-6-10-15-28)18-19-31(34)36-35(40)37-43(41,42)38-22-20-29(21-23-38)27-12-7-5-8-13-27/h5-10,12-15,18-19,24-26,29,32-33H,11,16-17,20-23H2,1-4H3,(H2,36,37,40). The summed E-state index contributed by atoms with van der Waals surface area (Å²) >= 11 is 0. The number of piperidine rings is 2. The highest BCUT2D eigenvalue weighted by atomic mass is 32.2. The third-order valence-electron chi connectivity index (χ3n) is 9.17. The van der Waals surface area contributed by atoms with E-state index in [1.807, 2.05) is 48.5 Å². The van der Waals surface area contributed by atoms with E-state index in [1.165, 1.54) is 16.3 Å². The Labute approximate surface area is 257 Å². The summed E-state index contributed by atoms with van der Waals surface area (Å²) in [6.45, 7) is 9.78. The van der Waals surface area contributed by atoms with Gasteiger partial charge in [-0.25, -0.2) is 9.52 Å². The summed E-state index contributed by atoms with van der Waals surface area (Å²) in [5, 5.41) is 2.94. The minimum atomic E-state index is -3.99. The summed E-state index contributed by atoms with van der Waals surface area (Å²) in [5.41, 5.74) is 4.95. The number of urea groups is 1. The van der Waals surface area contributed by atoms with Crippen LogP contribution in [-0.4, -0.2) is 43.9 Å². The van der Waals surface area contributed by atoms with Crippen LogP contribution in [0.1, 0.15) is 71.3 Å². The first-order valence-corrected chi connectivity index (χ1v) is 17.2. The molecule has 230 valence electrons. The van der Waals surface area contributed by atoms with Crippen molar-refractivity contribution in [2.45, 2.75) is 77.8 Å². The van der Waals surface area contributed by atoms with Gasteiger partial charge in [0.1, 0.15) is 0 Å². The maximum atomic E-state index is 13.3. The predicted octanol–water partition coefficient (Wildman–Crippen LogP) is 7.64. The molecule has 2 atom stereocenters. The Morgan fingerprint density at radius 3 is 1.93 bits per heavy atom. The van der Waals surface area contributed by atoms with Crippen molar-refractivity contribution in [2.24, 2.45) is 11.8 Å². The van der Waals surface area contributed by atoms with E-state index >= 15 is 0 Å². The normalized spacial score (nSPS) is 20.4. The third kappa shape index (κ3) is 7.24. The molecule has 5 rings (SSSR count). The number of carbonyl (C=O) groups excluding carboxylic acids is 1. The molecular formula is C35H46N4O3S. The number of nitrogens with zero attached hydrogens (tertiary/aromatic N) is 2. The minimum Gasteiger partial charge on any atom is -0.363 e. The molecule has 0 aromatic heterocycles. The van der Waals surface area contributed by atoms with Crippen molar-refractivity contribution in [3.63, 3.8) is 0 Å². The van der Waals surface area contributed by atoms with Crippen molar-refractivity contribution in [1.29, 1.82) is 0 Å². The summed E-state index contributed by atoms with van der Waals surface area (Å²) < 4.78 is 30.3. The number of hydrogen-bond acceptors (Lipinski definition) is 4. The topological polar surface area (TPSA) is 81.8 Å². The van der Waals surface area contributed by atoms with Crippen molar-refractivity contribution < 1.29 is 13.2 Å². The number of rotatable bonds is 8. The van der Waals surface area contributed by atoms with Crippen LogP contribution in [0.4, 0.5) is 16.2 Å². The Kier molecular flexibility index (Phi) is 9.77. The van der Waals surface area contributed by atoms with Crippen molar-refractivity contribution in [3.05, 3.63) is 84.4 Å². The Morgan fingerprint density at radius 1 is 0.767 bits per heavy atom. The average Bonchev–Trinajstić information content (AvgIpc) is 3.01. The van der Waals surface area contributed by atoms with Gasteiger partial charge in [0.25, 0.3) is 0 Å². The predicted molar refractivity (Wildman–Crippen MR) is 177 cm³/mol. The maximum Gasteiger partial charge on any atom is 0.333 e. The molecule has 43 heavy (non-hydrogen) atoms. The van der Waals surface area contributed by atoms with Crippen LogP contribution in [0.5, 0.6) is 0 Å². The molecule has 2 unspecified atom stereocenters. The second kappa shape index (κ2) is 13.5. The van der Waals surface area contributed by atoms with E-state index in [-0.39, 0.29) is 0 Å². The lowest BCUT2D eigenvalue weighted by atomic mass is 9.83. The van der Waals surface area contributed by atoms with Crippen LogP contribution in [0.3, 0.4) is 0 Å². The number of hydrogen-bond donors (Lipinski definition) is 2. The molecular weight excluding hydrogens is 556 g/mol. The molecule has 0 aliphatic carbocycles. The Hall–Kier alpha value is -3.36. The van der Waals surface area contributed by atoms with Gasteiger partial charge in [-0.05, 0) is 78.7 Å². The van der Waals surface area contributed by atoms with E-state index in [4.69, 9.17) is 0 Å². The van der Waals surface area contributed by atoms with Crippen LogP contribution in [0.2, 0.25) is 0 Å². The summed E-state index contributed by atoms with van der Waals surface area (Å²) in [6.07, 6.45) is 4.77. The van der Waals surface area contributed by atoms with Gasteiger partial charge in [0.05, 0.1) is 11.4 Å². The number of nitrogens with one attached hydrogen (secondary N) is 2. The average molecular weight is 603 g/mol. The lowest BCUT2D eigenvalue weighted by molar-refractivity contribution is 0.254. The van der Waals surface area contributed by atoms with E-state index in [0.29, 0.717) is 48.6 Å². The zero-order valence-corrected chi connectivity index (χ0v) is 26.7. The maximum absolute atomic E-state index is 13.3. The van der Waals surface area contributed by atoms with Crippen molar-refractivity contribution in [1.82, 2.24) is 9.03 Å². The van der Waals surface area contributed by atoms with Crippen LogP contribution < -0.4 is 14.9 Å². The van der Waals surface area contributed by atoms with Gasteiger partial charge in [0.2, 0.25) is 0 Å². The fraction of sp³-hybridized carbons (Fsp3) is 0.457. The molecule has 2 heterocycles. The number of amides is 2. The van der Waals surface area contributed by atoms with Gasteiger partial charge >= 0.3 is 16.2 Å². The molecule has 2 saturated heterocycles. The van der Waals surface area contributed by atoms with Crippen molar-refractivity contribution in [2.75, 3.05) is 23.3 Å². The highest BCUT2D eigenvalue weighted by Gasteiger charge is 2.36. The van der Waals surface area contributed by atoms with E-state index < -0.39 is 16.2 Å². The van der Waals surface area contributed by atoms with Gasteiger partial charge in [0.15, 0.2) is 0 Å². The SMILES string of the molecule is CC(C)C1CCCC(C(C)C)N1c1cc(-c2ccccc2)ccc1NC(=O)NS(=O)(=O)N1CCC(c2ccccc2)CC1. The van der Waals surface area contributed by atoms with E-state index in [1.54, 1.807) is 0 Å². The first kappa shape index (κ1) is 31.1. The summed E-state index contributed by atoms with van der Waals surface area (Å²) in [6, 6.07) is 26.4. The van der Waals surface area contributed by atoms with Gasteiger partial charge in [-0.2, -0.15) is 12.7 Å². The van der Waals surface area contributed by atoms with Crippen LogP contribution in [0.15, 0.2) is 78.9 Å². The fourth-order valence-electron chi connectivity index (χ4n) is 6.87. The molecule has 3 aromatic carbocycles. The molecule has 7 nitrogen and oxygen atoms in total. The molecule has 2 N–H and O–H groups in total. The summed E-state index contributed by atoms with van der Waals surface area (Å²) in [7, 11) is -3.99. The van der Waals surface area contributed by atoms with Gasteiger partial charge in [0, 0.05) is 25.2 Å². The Balaban J connectivity index is 1.38. The van der Waals surface area contributed by atoms with E-state index in [0.717, 1.165) is 42.5 Å².